The number of rotatable bonds is 5. The number of aromatic nitrogens is 2. The van der Waals surface area contributed by atoms with Crippen molar-refractivity contribution in [3.8, 4) is 0 Å². The molecule has 1 N–H and O–H groups in total. The van der Waals surface area contributed by atoms with Gasteiger partial charge in [0.05, 0.1) is 36.5 Å². The number of aliphatic hydroxyl groups excluding tert-OH is 1. The summed E-state index contributed by atoms with van der Waals surface area (Å²) in [7, 11) is 1.69. The van der Waals surface area contributed by atoms with Gasteiger partial charge in [-0.1, -0.05) is 0 Å². The highest BCUT2D eigenvalue weighted by Gasteiger charge is 2.22. The van der Waals surface area contributed by atoms with Crippen LogP contribution in [0.15, 0.2) is 17.1 Å². The number of aliphatic hydroxyl groups is 1. The van der Waals surface area contributed by atoms with Crippen LogP contribution in [0.25, 0.3) is 0 Å². The van der Waals surface area contributed by atoms with Crippen LogP contribution in [0.4, 0.5) is 5.69 Å². The molecule has 0 bridgehead atoms. The zero-order valence-corrected chi connectivity index (χ0v) is 11.6. The largest absolute Gasteiger partial charge is 0.390 e. The normalized spacial score (nSPS) is 20.8. The van der Waals surface area contributed by atoms with Crippen molar-refractivity contribution in [1.82, 2.24) is 9.78 Å². The fourth-order valence-corrected chi connectivity index (χ4v) is 2.24. The highest BCUT2D eigenvalue weighted by Crippen LogP contribution is 2.19. The van der Waals surface area contributed by atoms with E-state index < -0.39 is 6.10 Å². The average Bonchev–Trinajstić information content (AvgIpc) is 2.89. The molecule has 19 heavy (non-hydrogen) atoms. The Hall–Kier alpha value is -1.11. The van der Waals surface area contributed by atoms with Crippen LogP contribution in [0.2, 0.25) is 0 Å². The van der Waals surface area contributed by atoms with E-state index in [1.165, 1.54) is 10.7 Å². The lowest BCUT2D eigenvalue weighted by Gasteiger charge is -2.18. The van der Waals surface area contributed by atoms with Gasteiger partial charge in [0, 0.05) is 26.3 Å². The average molecular weight is 288 g/mol. The molecule has 106 valence electrons. The summed E-state index contributed by atoms with van der Waals surface area (Å²) in [5, 5.41) is 13.5. The summed E-state index contributed by atoms with van der Waals surface area (Å²) < 4.78 is 6.51. The Morgan fingerprint density at radius 1 is 1.68 bits per heavy atom. The summed E-state index contributed by atoms with van der Waals surface area (Å²) in [5.41, 5.74) is 0.559. The molecule has 2 heterocycles. The fourth-order valence-electron chi connectivity index (χ4n) is 2.14. The van der Waals surface area contributed by atoms with E-state index in [2.05, 4.69) is 10.00 Å². The minimum Gasteiger partial charge on any atom is -0.390 e. The van der Waals surface area contributed by atoms with Gasteiger partial charge in [0.15, 0.2) is 0 Å². The molecule has 0 aromatic carbocycles. The third kappa shape index (κ3) is 3.46. The number of ether oxygens (including phenoxy) is 1. The van der Waals surface area contributed by atoms with Gasteiger partial charge in [-0.05, 0) is 6.42 Å². The second kappa shape index (κ2) is 6.36. The van der Waals surface area contributed by atoms with Gasteiger partial charge in [-0.15, -0.1) is 11.6 Å². The van der Waals surface area contributed by atoms with Crippen LogP contribution in [-0.4, -0.2) is 53.2 Å². The van der Waals surface area contributed by atoms with Gasteiger partial charge in [-0.2, -0.15) is 5.10 Å². The van der Waals surface area contributed by atoms with Crippen LogP contribution < -0.4 is 10.5 Å². The first-order valence-corrected chi connectivity index (χ1v) is 6.76. The molecular weight excluding hydrogens is 270 g/mol. The Labute approximate surface area is 116 Å². The lowest BCUT2D eigenvalue weighted by Crippen LogP contribution is -2.31. The molecule has 2 rings (SSSR count). The van der Waals surface area contributed by atoms with Gasteiger partial charge in [0.25, 0.3) is 5.56 Å². The lowest BCUT2D eigenvalue weighted by atomic mass is 10.3. The van der Waals surface area contributed by atoms with Crippen LogP contribution in [0.3, 0.4) is 0 Å². The molecule has 0 aliphatic carbocycles. The van der Waals surface area contributed by atoms with E-state index in [9.17, 15) is 9.90 Å². The molecule has 2 atom stereocenters. The Kier molecular flexibility index (Phi) is 4.79. The third-order valence-corrected chi connectivity index (χ3v) is 3.62. The zero-order valence-electron chi connectivity index (χ0n) is 10.8. The van der Waals surface area contributed by atoms with Crippen molar-refractivity contribution in [2.75, 3.05) is 31.0 Å². The van der Waals surface area contributed by atoms with E-state index in [4.69, 9.17) is 16.3 Å². The maximum atomic E-state index is 11.9. The number of hydrogen-bond donors (Lipinski definition) is 1. The quantitative estimate of drug-likeness (QED) is 0.776. The van der Waals surface area contributed by atoms with Crippen molar-refractivity contribution in [3.63, 3.8) is 0 Å². The van der Waals surface area contributed by atoms with E-state index >= 15 is 0 Å². The molecule has 1 aromatic rings. The highest BCUT2D eigenvalue weighted by molar-refractivity contribution is 6.18. The van der Waals surface area contributed by atoms with Crippen molar-refractivity contribution in [3.05, 3.63) is 22.6 Å². The summed E-state index contributed by atoms with van der Waals surface area (Å²) in [4.78, 5) is 14.0. The molecule has 0 amide bonds. The number of hydrogen-bond acceptors (Lipinski definition) is 5. The summed E-state index contributed by atoms with van der Waals surface area (Å²) >= 11 is 5.51. The smallest absolute Gasteiger partial charge is 0.268 e. The van der Waals surface area contributed by atoms with Gasteiger partial charge in [0.1, 0.15) is 0 Å². The Morgan fingerprint density at radius 2 is 2.47 bits per heavy atom. The number of alkyl halides is 1. The Balaban J connectivity index is 2.09. The summed E-state index contributed by atoms with van der Waals surface area (Å²) in [6, 6.07) is 1.53. The van der Waals surface area contributed by atoms with Crippen LogP contribution in [0.5, 0.6) is 0 Å². The minimum atomic E-state index is -0.762. The van der Waals surface area contributed by atoms with Crippen molar-refractivity contribution in [2.24, 2.45) is 0 Å². The second-order valence-electron chi connectivity index (χ2n) is 4.63. The molecule has 0 radical (unpaired) electrons. The molecule has 1 fully saturated rings. The van der Waals surface area contributed by atoms with E-state index in [-0.39, 0.29) is 24.1 Å². The van der Waals surface area contributed by atoms with Gasteiger partial charge >= 0.3 is 0 Å². The van der Waals surface area contributed by atoms with Gasteiger partial charge in [0.2, 0.25) is 0 Å². The van der Waals surface area contributed by atoms with Crippen molar-refractivity contribution in [2.45, 2.75) is 25.2 Å². The van der Waals surface area contributed by atoms with E-state index in [0.717, 1.165) is 25.2 Å². The van der Waals surface area contributed by atoms with Crippen molar-refractivity contribution >= 4 is 17.3 Å². The molecule has 0 spiro atoms. The van der Waals surface area contributed by atoms with Crippen LogP contribution in [0, 0.1) is 0 Å². The first-order chi connectivity index (χ1) is 9.13. The molecule has 2 unspecified atom stereocenters. The standard InChI is InChI=1S/C12H18ClN3O3/c1-19-11-2-3-15(8-11)9-4-12(18)16(14-6-9)7-10(17)5-13/h4,6,10-11,17H,2-3,5,7-8H2,1H3. The van der Waals surface area contributed by atoms with Crippen LogP contribution in [0.1, 0.15) is 6.42 Å². The maximum absolute atomic E-state index is 11.9. The fraction of sp³-hybridized carbons (Fsp3) is 0.667. The van der Waals surface area contributed by atoms with Crippen molar-refractivity contribution in [1.29, 1.82) is 0 Å². The van der Waals surface area contributed by atoms with E-state index in [0.29, 0.717) is 0 Å². The van der Waals surface area contributed by atoms with Crippen molar-refractivity contribution < 1.29 is 9.84 Å². The molecule has 0 saturated carbocycles. The summed E-state index contributed by atoms with van der Waals surface area (Å²) in [5.74, 6) is 0.0809. The topological polar surface area (TPSA) is 67.6 Å². The number of anilines is 1. The minimum absolute atomic E-state index is 0.0809. The van der Waals surface area contributed by atoms with Gasteiger partial charge < -0.3 is 14.7 Å². The maximum Gasteiger partial charge on any atom is 0.268 e. The van der Waals surface area contributed by atoms with Gasteiger partial charge in [-0.25, -0.2) is 4.68 Å². The predicted molar refractivity (Wildman–Crippen MR) is 72.9 cm³/mol. The predicted octanol–water partition coefficient (Wildman–Crippen LogP) is 0.0681. The first kappa shape index (κ1) is 14.3. The lowest BCUT2D eigenvalue weighted by molar-refractivity contribution is 0.121. The Morgan fingerprint density at radius 3 is 3.05 bits per heavy atom. The zero-order chi connectivity index (χ0) is 13.8. The second-order valence-corrected chi connectivity index (χ2v) is 4.94. The van der Waals surface area contributed by atoms with Crippen LogP contribution in [-0.2, 0) is 11.3 Å². The Bertz CT molecular complexity index is 480. The molecule has 1 saturated heterocycles. The first-order valence-electron chi connectivity index (χ1n) is 6.23. The SMILES string of the molecule is COC1CCN(c2cnn(CC(O)CCl)c(=O)c2)C1. The third-order valence-electron chi connectivity index (χ3n) is 3.26. The van der Waals surface area contributed by atoms with Crippen LogP contribution >= 0.6 is 11.6 Å². The highest BCUT2D eigenvalue weighted by atomic mass is 35.5. The molecule has 6 nitrogen and oxygen atoms in total. The monoisotopic (exact) mass is 287 g/mol. The van der Waals surface area contributed by atoms with Gasteiger partial charge in [-0.3, -0.25) is 4.79 Å². The number of nitrogens with zero attached hydrogens (tertiary/aromatic N) is 3. The molecular formula is C12H18ClN3O3. The molecule has 7 heteroatoms. The number of halogens is 1. The van der Waals surface area contributed by atoms with E-state index in [1.54, 1.807) is 13.3 Å². The number of methoxy groups -OCH3 is 1. The molecule has 1 aliphatic rings. The molecule has 1 aliphatic heterocycles. The summed E-state index contributed by atoms with van der Waals surface area (Å²) in [6.07, 6.45) is 2.04. The van der Waals surface area contributed by atoms with E-state index in [1.807, 2.05) is 0 Å². The summed E-state index contributed by atoms with van der Waals surface area (Å²) in [6.45, 7) is 1.74. The molecule has 1 aromatic heterocycles.